The van der Waals surface area contributed by atoms with Gasteiger partial charge < -0.3 is 0 Å². The van der Waals surface area contributed by atoms with Gasteiger partial charge in [0.2, 0.25) is 0 Å². The van der Waals surface area contributed by atoms with Crippen LogP contribution in [0.2, 0.25) is 0 Å². The summed E-state index contributed by atoms with van der Waals surface area (Å²) < 4.78 is 0. The number of hydrogen-bond acceptors (Lipinski definition) is 1. The Bertz CT molecular complexity index is 137. The lowest BCUT2D eigenvalue weighted by molar-refractivity contribution is -0.126. The van der Waals surface area contributed by atoms with Crippen molar-refractivity contribution >= 4 is 5.78 Å². The smallest absolute Gasteiger partial charge is 0.139 e. The lowest BCUT2D eigenvalue weighted by atomic mass is 9.88. The Morgan fingerprint density at radius 2 is 1.75 bits per heavy atom. The average molecular weight is 168 g/mol. The summed E-state index contributed by atoms with van der Waals surface area (Å²) in [5, 5.41) is 0. The molecule has 1 fully saturated rings. The lowest BCUT2D eigenvalue weighted by Crippen LogP contribution is -2.20. The number of carbonyl (C=O) groups is 1. The summed E-state index contributed by atoms with van der Waals surface area (Å²) >= 11 is 0. The van der Waals surface area contributed by atoms with Gasteiger partial charge in [0.05, 0.1) is 0 Å². The molecule has 12 heavy (non-hydrogen) atoms. The molecule has 1 nitrogen and oxygen atoms in total. The second kappa shape index (κ2) is 4.64. The van der Waals surface area contributed by atoms with E-state index in [1.807, 2.05) is 0 Å². The first-order valence-corrected chi connectivity index (χ1v) is 5.33. The molecule has 0 spiro atoms. The fraction of sp³-hybridized carbons (Fsp3) is 0.909. The van der Waals surface area contributed by atoms with E-state index >= 15 is 0 Å². The van der Waals surface area contributed by atoms with Crippen molar-refractivity contribution in [3.63, 3.8) is 0 Å². The van der Waals surface area contributed by atoms with E-state index in [-0.39, 0.29) is 0 Å². The van der Waals surface area contributed by atoms with Crippen LogP contribution >= 0.6 is 0 Å². The third-order valence-electron chi connectivity index (χ3n) is 3.15. The fourth-order valence-electron chi connectivity index (χ4n) is 2.23. The van der Waals surface area contributed by atoms with E-state index in [1.165, 1.54) is 12.8 Å². The van der Waals surface area contributed by atoms with E-state index in [2.05, 4.69) is 13.8 Å². The van der Waals surface area contributed by atoms with E-state index in [0.717, 1.165) is 25.7 Å². The van der Waals surface area contributed by atoms with Gasteiger partial charge in [0, 0.05) is 11.8 Å². The first-order chi connectivity index (χ1) is 5.79. The predicted octanol–water partition coefficient (Wildman–Crippen LogP) is 3.18. The molecule has 0 aromatic rings. The average Bonchev–Trinajstić information content (AvgIpc) is 2.58. The minimum absolute atomic E-state index is 0.355. The van der Waals surface area contributed by atoms with E-state index in [9.17, 15) is 4.79 Å². The summed E-state index contributed by atoms with van der Waals surface area (Å²) in [6.45, 7) is 4.25. The summed E-state index contributed by atoms with van der Waals surface area (Å²) in [5.74, 6) is 1.33. The van der Waals surface area contributed by atoms with Gasteiger partial charge in [-0.05, 0) is 25.7 Å². The van der Waals surface area contributed by atoms with Gasteiger partial charge in [-0.25, -0.2) is 0 Å². The van der Waals surface area contributed by atoms with Crippen molar-refractivity contribution in [1.29, 1.82) is 0 Å². The van der Waals surface area contributed by atoms with E-state index < -0.39 is 0 Å². The summed E-state index contributed by atoms with van der Waals surface area (Å²) in [5.41, 5.74) is 0. The Balaban J connectivity index is 2.43. The van der Waals surface area contributed by atoms with Crippen molar-refractivity contribution in [3.05, 3.63) is 0 Å². The Hall–Kier alpha value is -0.330. The molecule has 1 heteroatoms. The van der Waals surface area contributed by atoms with Gasteiger partial charge in [-0.1, -0.05) is 26.7 Å². The molecule has 0 aromatic carbocycles. The molecule has 0 heterocycles. The summed E-state index contributed by atoms with van der Waals surface area (Å²) in [4.78, 5) is 11.8. The van der Waals surface area contributed by atoms with Crippen LogP contribution < -0.4 is 0 Å². The number of ketones is 1. The maximum absolute atomic E-state index is 11.8. The van der Waals surface area contributed by atoms with Crippen molar-refractivity contribution in [3.8, 4) is 0 Å². The van der Waals surface area contributed by atoms with E-state index in [0.29, 0.717) is 17.6 Å². The number of Topliss-reactive ketones (excluding diaryl/α,β-unsaturated/α-hetero) is 1. The van der Waals surface area contributed by atoms with E-state index in [4.69, 9.17) is 0 Å². The van der Waals surface area contributed by atoms with Crippen LogP contribution in [0.3, 0.4) is 0 Å². The van der Waals surface area contributed by atoms with Crippen molar-refractivity contribution in [2.45, 2.75) is 52.4 Å². The Morgan fingerprint density at radius 3 is 2.17 bits per heavy atom. The number of rotatable bonds is 4. The Morgan fingerprint density at radius 1 is 1.25 bits per heavy atom. The molecule has 1 aliphatic rings. The van der Waals surface area contributed by atoms with Crippen LogP contribution in [-0.4, -0.2) is 5.78 Å². The molecular weight excluding hydrogens is 148 g/mol. The van der Waals surface area contributed by atoms with Crippen LogP contribution in [0.4, 0.5) is 0 Å². The van der Waals surface area contributed by atoms with Gasteiger partial charge >= 0.3 is 0 Å². The van der Waals surface area contributed by atoms with Crippen LogP contribution in [0.5, 0.6) is 0 Å². The molecule has 0 saturated heterocycles. The van der Waals surface area contributed by atoms with Crippen molar-refractivity contribution in [2.24, 2.45) is 11.8 Å². The molecule has 0 aliphatic heterocycles. The highest BCUT2D eigenvalue weighted by Gasteiger charge is 2.26. The minimum atomic E-state index is 0.355. The van der Waals surface area contributed by atoms with Gasteiger partial charge in [-0.3, -0.25) is 4.79 Å². The van der Waals surface area contributed by atoms with Crippen molar-refractivity contribution < 1.29 is 4.79 Å². The van der Waals surface area contributed by atoms with Crippen molar-refractivity contribution in [1.82, 2.24) is 0 Å². The van der Waals surface area contributed by atoms with Crippen LogP contribution in [0.15, 0.2) is 0 Å². The van der Waals surface area contributed by atoms with Gasteiger partial charge in [0.1, 0.15) is 5.78 Å². The monoisotopic (exact) mass is 168 g/mol. The highest BCUT2D eigenvalue weighted by molar-refractivity contribution is 5.83. The predicted molar refractivity (Wildman–Crippen MR) is 51.0 cm³/mol. The van der Waals surface area contributed by atoms with Crippen LogP contribution in [0.25, 0.3) is 0 Å². The Labute approximate surface area is 75.5 Å². The van der Waals surface area contributed by atoms with E-state index in [1.54, 1.807) is 0 Å². The quantitative estimate of drug-likeness (QED) is 0.630. The molecule has 0 amide bonds. The summed E-state index contributed by atoms with van der Waals surface area (Å²) in [7, 11) is 0. The normalized spacial score (nSPS) is 18.9. The second-order valence-corrected chi connectivity index (χ2v) is 3.90. The fourth-order valence-corrected chi connectivity index (χ4v) is 2.23. The number of carbonyl (C=O) groups excluding carboxylic acids is 1. The first kappa shape index (κ1) is 9.76. The molecule has 0 atom stereocenters. The van der Waals surface area contributed by atoms with Crippen LogP contribution in [0.1, 0.15) is 52.4 Å². The number of hydrogen-bond donors (Lipinski definition) is 0. The standard InChI is InChI=1S/C11H20O/c1-3-9(4-2)11(12)10-7-5-6-8-10/h9-10H,3-8H2,1-2H3. The first-order valence-electron chi connectivity index (χ1n) is 5.33. The lowest BCUT2D eigenvalue weighted by Gasteiger charge is -2.15. The zero-order valence-corrected chi connectivity index (χ0v) is 8.31. The van der Waals surface area contributed by atoms with Gasteiger partial charge in [0.25, 0.3) is 0 Å². The molecule has 0 bridgehead atoms. The molecule has 1 aliphatic carbocycles. The maximum Gasteiger partial charge on any atom is 0.139 e. The molecule has 1 rings (SSSR count). The zero-order valence-electron chi connectivity index (χ0n) is 8.31. The summed E-state index contributed by atoms with van der Waals surface area (Å²) in [6, 6.07) is 0. The van der Waals surface area contributed by atoms with Gasteiger partial charge in [-0.15, -0.1) is 0 Å². The molecule has 0 radical (unpaired) electrons. The van der Waals surface area contributed by atoms with Gasteiger partial charge in [-0.2, -0.15) is 0 Å². The minimum Gasteiger partial charge on any atom is -0.299 e. The molecule has 1 saturated carbocycles. The highest BCUT2D eigenvalue weighted by atomic mass is 16.1. The molecule has 0 N–H and O–H groups in total. The SMILES string of the molecule is CCC(CC)C(=O)C1CCCC1. The van der Waals surface area contributed by atoms with Gasteiger partial charge in [0.15, 0.2) is 0 Å². The van der Waals surface area contributed by atoms with Crippen LogP contribution in [0, 0.1) is 11.8 Å². The Kier molecular flexibility index (Phi) is 3.77. The molecule has 0 aromatic heterocycles. The molecular formula is C11H20O. The summed E-state index contributed by atoms with van der Waals surface area (Å²) in [6.07, 6.45) is 6.94. The van der Waals surface area contributed by atoms with Crippen LogP contribution in [-0.2, 0) is 4.79 Å². The maximum atomic E-state index is 11.8. The second-order valence-electron chi connectivity index (χ2n) is 3.90. The highest BCUT2D eigenvalue weighted by Crippen LogP contribution is 2.29. The zero-order chi connectivity index (χ0) is 8.97. The third kappa shape index (κ3) is 2.09. The van der Waals surface area contributed by atoms with Crippen molar-refractivity contribution in [2.75, 3.05) is 0 Å². The topological polar surface area (TPSA) is 17.1 Å². The largest absolute Gasteiger partial charge is 0.299 e. The third-order valence-corrected chi connectivity index (χ3v) is 3.15. The molecule has 0 unspecified atom stereocenters. The molecule has 70 valence electrons.